The number of methoxy groups -OCH3 is 2. The summed E-state index contributed by atoms with van der Waals surface area (Å²) in [6.45, 7) is 4.81. The summed E-state index contributed by atoms with van der Waals surface area (Å²) in [5, 5.41) is 3.13. The van der Waals surface area contributed by atoms with E-state index in [1.807, 2.05) is 49.4 Å². The van der Waals surface area contributed by atoms with Crippen molar-refractivity contribution in [2.24, 2.45) is 0 Å². The maximum absolute atomic E-state index is 12.4. The molecule has 1 saturated heterocycles. The molecule has 154 valence electrons. The summed E-state index contributed by atoms with van der Waals surface area (Å²) in [5.41, 5.74) is 3.25. The van der Waals surface area contributed by atoms with Crippen LogP contribution in [-0.2, 0) is 11.3 Å². The molecule has 1 aliphatic heterocycles. The second kappa shape index (κ2) is 10.1. The number of ether oxygens (including phenoxy) is 2. The third-order valence-corrected chi connectivity index (χ3v) is 5.32. The number of amides is 1. The summed E-state index contributed by atoms with van der Waals surface area (Å²) in [7, 11) is 3.35. The number of benzene rings is 2. The average Bonchev–Trinajstić information content (AvgIpc) is 2.74. The van der Waals surface area contributed by atoms with E-state index < -0.39 is 0 Å². The van der Waals surface area contributed by atoms with Crippen LogP contribution in [-0.4, -0.2) is 44.2 Å². The first kappa shape index (κ1) is 20.9. The van der Waals surface area contributed by atoms with Crippen LogP contribution in [0.1, 0.15) is 29.5 Å². The molecule has 5 nitrogen and oxygen atoms in total. The van der Waals surface area contributed by atoms with Crippen LogP contribution in [0.2, 0.25) is 0 Å². The number of para-hydroxylation sites is 1. The highest BCUT2D eigenvalue weighted by Crippen LogP contribution is 2.22. The van der Waals surface area contributed by atoms with Gasteiger partial charge in [0.15, 0.2) is 0 Å². The molecule has 1 heterocycles. The van der Waals surface area contributed by atoms with Crippen molar-refractivity contribution < 1.29 is 14.3 Å². The molecule has 0 aromatic heterocycles. The third-order valence-electron chi connectivity index (χ3n) is 5.32. The molecule has 0 bridgehead atoms. The standard InChI is InChI=1S/C24H30N2O3/c1-18-8-10-23(29-3)19(16-18)9-11-24(27)25-21-12-14-26(15-13-21)17-20-6-4-5-7-22(20)28-2/h4-11,16,21H,12-15,17H2,1-3H3,(H,25,27)/b11-9+. The van der Waals surface area contributed by atoms with Gasteiger partial charge >= 0.3 is 0 Å². The van der Waals surface area contributed by atoms with Crippen LogP contribution >= 0.6 is 0 Å². The molecule has 0 spiro atoms. The monoisotopic (exact) mass is 394 g/mol. The summed E-state index contributed by atoms with van der Waals surface area (Å²) < 4.78 is 10.8. The Morgan fingerprint density at radius 1 is 1.10 bits per heavy atom. The summed E-state index contributed by atoms with van der Waals surface area (Å²) in [5.74, 6) is 1.64. The first-order valence-electron chi connectivity index (χ1n) is 10.1. The van der Waals surface area contributed by atoms with E-state index in [4.69, 9.17) is 9.47 Å². The summed E-state index contributed by atoms with van der Waals surface area (Å²) in [4.78, 5) is 14.8. The fourth-order valence-corrected chi connectivity index (χ4v) is 3.71. The zero-order chi connectivity index (χ0) is 20.6. The van der Waals surface area contributed by atoms with Crippen molar-refractivity contribution in [1.82, 2.24) is 10.2 Å². The number of rotatable bonds is 7. The minimum atomic E-state index is -0.0586. The summed E-state index contributed by atoms with van der Waals surface area (Å²) in [6, 6.07) is 14.3. The molecule has 2 aromatic rings. The number of nitrogens with one attached hydrogen (secondary N) is 1. The molecule has 0 unspecified atom stereocenters. The van der Waals surface area contributed by atoms with E-state index in [0.717, 1.165) is 55.1 Å². The van der Waals surface area contributed by atoms with Gasteiger partial charge < -0.3 is 14.8 Å². The molecule has 1 amide bonds. The molecule has 3 rings (SSSR count). The van der Waals surface area contributed by atoms with E-state index in [1.54, 1.807) is 20.3 Å². The number of piperidine rings is 1. The van der Waals surface area contributed by atoms with Crippen LogP contribution in [0, 0.1) is 6.92 Å². The van der Waals surface area contributed by atoms with Gasteiger partial charge in [-0.2, -0.15) is 0 Å². The van der Waals surface area contributed by atoms with Crippen LogP contribution in [0.3, 0.4) is 0 Å². The van der Waals surface area contributed by atoms with E-state index in [0.29, 0.717) is 0 Å². The molecule has 1 fully saturated rings. The van der Waals surface area contributed by atoms with Crippen LogP contribution in [0.25, 0.3) is 6.08 Å². The predicted octanol–water partition coefficient (Wildman–Crippen LogP) is 3.81. The third kappa shape index (κ3) is 5.84. The molecular formula is C24H30N2O3. The van der Waals surface area contributed by atoms with E-state index in [-0.39, 0.29) is 11.9 Å². The maximum atomic E-state index is 12.4. The smallest absolute Gasteiger partial charge is 0.244 e. The minimum Gasteiger partial charge on any atom is -0.496 e. The van der Waals surface area contributed by atoms with Gasteiger partial charge in [0.05, 0.1) is 14.2 Å². The Kier molecular flexibility index (Phi) is 7.30. The molecule has 0 saturated carbocycles. The van der Waals surface area contributed by atoms with Gasteiger partial charge in [0.1, 0.15) is 11.5 Å². The molecule has 0 atom stereocenters. The fourth-order valence-electron chi connectivity index (χ4n) is 3.71. The van der Waals surface area contributed by atoms with Crippen molar-refractivity contribution in [3.63, 3.8) is 0 Å². The maximum Gasteiger partial charge on any atom is 0.244 e. The normalized spacial score (nSPS) is 15.4. The highest BCUT2D eigenvalue weighted by Gasteiger charge is 2.20. The van der Waals surface area contributed by atoms with Crippen molar-refractivity contribution in [3.8, 4) is 11.5 Å². The number of likely N-dealkylation sites (tertiary alicyclic amines) is 1. The Labute approximate surface area is 173 Å². The van der Waals surface area contributed by atoms with Gasteiger partial charge in [-0.25, -0.2) is 0 Å². The predicted molar refractivity (Wildman–Crippen MR) is 116 cm³/mol. The Hall–Kier alpha value is -2.79. The lowest BCUT2D eigenvalue weighted by Gasteiger charge is -2.32. The van der Waals surface area contributed by atoms with Crippen molar-refractivity contribution in [2.75, 3.05) is 27.3 Å². The lowest BCUT2D eigenvalue weighted by Crippen LogP contribution is -2.43. The summed E-state index contributed by atoms with van der Waals surface area (Å²) >= 11 is 0. The highest BCUT2D eigenvalue weighted by molar-refractivity contribution is 5.92. The molecule has 0 radical (unpaired) electrons. The first-order chi connectivity index (χ1) is 14.1. The van der Waals surface area contributed by atoms with Gasteiger partial charge in [0.25, 0.3) is 0 Å². The van der Waals surface area contributed by atoms with Gasteiger partial charge in [-0.15, -0.1) is 0 Å². The van der Waals surface area contributed by atoms with Crippen molar-refractivity contribution >= 4 is 12.0 Å². The lowest BCUT2D eigenvalue weighted by molar-refractivity contribution is -0.117. The van der Waals surface area contributed by atoms with Gasteiger partial charge in [-0.1, -0.05) is 29.8 Å². The second-order valence-electron chi connectivity index (χ2n) is 7.45. The fraction of sp³-hybridized carbons (Fsp3) is 0.375. The summed E-state index contributed by atoms with van der Waals surface area (Å²) in [6.07, 6.45) is 5.31. The number of carbonyl (C=O) groups excluding carboxylic acids is 1. The van der Waals surface area contributed by atoms with Crippen LogP contribution < -0.4 is 14.8 Å². The Morgan fingerprint density at radius 3 is 2.55 bits per heavy atom. The SMILES string of the molecule is COc1ccc(C)cc1/C=C/C(=O)NC1CCN(Cc2ccccc2OC)CC1. The molecule has 1 aliphatic rings. The van der Waals surface area contributed by atoms with E-state index in [1.165, 1.54) is 5.56 Å². The molecule has 1 N–H and O–H groups in total. The topological polar surface area (TPSA) is 50.8 Å². The number of hydrogen-bond acceptors (Lipinski definition) is 4. The van der Waals surface area contributed by atoms with Crippen molar-refractivity contribution in [3.05, 3.63) is 65.2 Å². The Bertz CT molecular complexity index is 855. The number of hydrogen-bond donors (Lipinski definition) is 1. The lowest BCUT2D eigenvalue weighted by atomic mass is 10.0. The van der Waals surface area contributed by atoms with Gasteiger partial charge in [0.2, 0.25) is 5.91 Å². The minimum absolute atomic E-state index is 0.0586. The first-order valence-corrected chi connectivity index (χ1v) is 10.1. The van der Waals surface area contributed by atoms with Gasteiger partial charge in [0, 0.05) is 42.9 Å². The molecule has 5 heteroatoms. The Morgan fingerprint density at radius 2 is 1.83 bits per heavy atom. The van der Waals surface area contributed by atoms with Crippen molar-refractivity contribution in [1.29, 1.82) is 0 Å². The Balaban J connectivity index is 1.49. The zero-order valence-corrected chi connectivity index (χ0v) is 17.5. The number of nitrogens with zero attached hydrogens (tertiary/aromatic N) is 1. The molecule has 29 heavy (non-hydrogen) atoms. The zero-order valence-electron chi connectivity index (χ0n) is 17.5. The number of carbonyl (C=O) groups is 1. The van der Waals surface area contributed by atoms with E-state index in [2.05, 4.69) is 16.3 Å². The van der Waals surface area contributed by atoms with Gasteiger partial charge in [-0.05, 0) is 44.0 Å². The highest BCUT2D eigenvalue weighted by atomic mass is 16.5. The molecular weight excluding hydrogens is 364 g/mol. The van der Waals surface area contributed by atoms with E-state index in [9.17, 15) is 4.79 Å². The molecule has 0 aliphatic carbocycles. The van der Waals surface area contributed by atoms with Gasteiger partial charge in [-0.3, -0.25) is 9.69 Å². The van der Waals surface area contributed by atoms with Crippen LogP contribution in [0.4, 0.5) is 0 Å². The second-order valence-corrected chi connectivity index (χ2v) is 7.45. The van der Waals surface area contributed by atoms with E-state index >= 15 is 0 Å². The number of aryl methyl sites for hydroxylation is 1. The average molecular weight is 395 g/mol. The largest absolute Gasteiger partial charge is 0.496 e. The van der Waals surface area contributed by atoms with Crippen LogP contribution in [0.15, 0.2) is 48.5 Å². The quantitative estimate of drug-likeness (QED) is 0.726. The van der Waals surface area contributed by atoms with Crippen LogP contribution in [0.5, 0.6) is 11.5 Å². The van der Waals surface area contributed by atoms with Crippen molar-refractivity contribution in [2.45, 2.75) is 32.4 Å². The molecule has 2 aromatic carbocycles.